The minimum absolute atomic E-state index is 0.0990. The Hall–Kier alpha value is -2.25. The average Bonchev–Trinajstić information content (AvgIpc) is 3.36. The van der Waals surface area contributed by atoms with E-state index in [-0.39, 0.29) is 5.91 Å². The highest BCUT2D eigenvalue weighted by molar-refractivity contribution is 5.94. The SMILES string of the molecule is O=C(c1ccc(-n2cncn2)cc1)N1CCN(CC2CCCO2)CC1. The van der Waals surface area contributed by atoms with Gasteiger partial charge < -0.3 is 9.64 Å². The number of amides is 1. The summed E-state index contributed by atoms with van der Waals surface area (Å²) >= 11 is 0. The zero-order valence-electron chi connectivity index (χ0n) is 14.3. The Morgan fingerprint density at radius 3 is 2.60 bits per heavy atom. The molecule has 25 heavy (non-hydrogen) atoms. The van der Waals surface area contributed by atoms with Gasteiger partial charge in [0.15, 0.2) is 0 Å². The highest BCUT2D eigenvalue weighted by atomic mass is 16.5. The van der Waals surface area contributed by atoms with Crippen molar-refractivity contribution >= 4 is 5.91 Å². The third kappa shape index (κ3) is 3.72. The van der Waals surface area contributed by atoms with E-state index in [4.69, 9.17) is 4.74 Å². The van der Waals surface area contributed by atoms with Gasteiger partial charge in [-0.25, -0.2) is 9.67 Å². The fourth-order valence-corrected chi connectivity index (χ4v) is 3.49. The van der Waals surface area contributed by atoms with Crippen LogP contribution in [0.1, 0.15) is 23.2 Å². The van der Waals surface area contributed by atoms with Crippen LogP contribution < -0.4 is 0 Å². The third-order valence-corrected chi connectivity index (χ3v) is 4.94. The first-order valence-corrected chi connectivity index (χ1v) is 8.88. The van der Waals surface area contributed by atoms with Crippen LogP contribution in [0.15, 0.2) is 36.9 Å². The fraction of sp³-hybridized carbons (Fsp3) is 0.500. The van der Waals surface area contributed by atoms with E-state index in [1.54, 1.807) is 11.0 Å². The first-order chi connectivity index (χ1) is 12.3. The lowest BCUT2D eigenvalue weighted by atomic mass is 10.1. The van der Waals surface area contributed by atoms with Crippen molar-refractivity contribution < 1.29 is 9.53 Å². The molecule has 7 nitrogen and oxygen atoms in total. The van der Waals surface area contributed by atoms with Crippen molar-refractivity contribution in [3.05, 3.63) is 42.5 Å². The van der Waals surface area contributed by atoms with Gasteiger partial charge in [0.05, 0.1) is 11.8 Å². The molecule has 2 fully saturated rings. The number of benzene rings is 1. The number of aromatic nitrogens is 3. The predicted molar refractivity (Wildman–Crippen MR) is 92.7 cm³/mol. The van der Waals surface area contributed by atoms with E-state index in [1.807, 2.05) is 29.2 Å². The molecule has 2 saturated heterocycles. The van der Waals surface area contributed by atoms with Crippen LogP contribution in [-0.4, -0.2) is 75.9 Å². The quantitative estimate of drug-likeness (QED) is 0.836. The number of ether oxygens (including phenoxy) is 1. The van der Waals surface area contributed by atoms with E-state index in [0.29, 0.717) is 6.10 Å². The van der Waals surface area contributed by atoms with Gasteiger partial charge in [0.2, 0.25) is 0 Å². The van der Waals surface area contributed by atoms with Crippen LogP contribution in [0.3, 0.4) is 0 Å². The molecular weight excluding hydrogens is 318 g/mol. The van der Waals surface area contributed by atoms with Crippen LogP contribution in [0.5, 0.6) is 0 Å². The summed E-state index contributed by atoms with van der Waals surface area (Å²) in [5, 5.41) is 4.10. The van der Waals surface area contributed by atoms with E-state index >= 15 is 0 Å². The molecule has 1 unspecified atom stereocenters. The number of carbonyl (C=O) groups is 1. The maximum absolute atomic E-state index is 12.7. The van der Waals surface area contributed by atoms with Crippen LogP contribution in [0, 0.1) is 0 Å². The third-order valence-electron chi connectivity index (χ3n) is 4.94. The van der Waals surface area contributed by atoms with Crippen LogP contribution in [-0.2, 0) is 4.74 Å². The number of carbonyl (C=O) groups excluding carboxylic acids is 1. The molecule has 1 aromatic heterocycles. The molecule has 0 radical (unpaired) electrons. The van der Waals surface area contributed by atoms with E-state index in [1.165, 1.54) is 12.7 Å². The summed E-state index contributed by atoms with van der Waals surface area (Å²) in [6.45, 7) is 5.28. The van der Waals surface area contributed by atoms with Crippen molar-refractivity contribution in [2.75, 3.05) is 39.3 Å². The molecule has 1 amide bonds. The van der Waals surface area contributed by atoms with E-state index in [2.05, 4.69) is 15.0 Å². The molecule has 2 aliphatic heterocycles. The second kappa shape index (κ2) is 7.33. The fourth-order valence-electron chi connectivity index (χ4n) is 3.49. The van der Waals surface area contributed by atoms with Crippen LogP contribution in [0.2, 0.25) is 0 Å². The highest BCUT2D eigenvalue weighted by Crippen LogP contribution is 2.16. The largest absolute Gasteiger partial charge is 0.377 e. The molecule has 2 aliphatic rings. The molecule has 7 heteroatoms. The maximum atomic E-state index is 12.7. The Bertz CT molecular complexity index is 687. The van der Waals surface area contributed by atoms with Gasteiger partial charge in [-0.3, -0.25) is 9.69 Å². The first-order valence-electron chi connectivity index (χ1n) is 8.88. The summed E-state index contributed by atoms with van der Waals surface area (Å²) in [5.74, 6) is 0.0990. The van der Waals surface area contributed by atoms with Gasteiger partial charge in [0, 0.05) is 44.9 Å². The Balaban J connectivity index is 1.32. The summed E-state index contributed by atoms with van der Waals surface area (Å²) < 4.78 is 7.39. The van der Waals surface area contributed by atoms with Gasteiger partial charge in [0.25, 0.3) is 5.91 Å². The van der Waals surface area contributed by atoms with Gasteiger partial charge in [-0.1, -0.05) is 0 Å². The van der Waals surface area contributed by atoms with Gasteiger partial charge in [0.1, 0.15) is 12.7 Å². The molecule has 0 saturated carbocycles. The monoisotopic (exact) mass is 341 g/mol. The van der Waals surface area contributed by atoms with Crippen molar-refractivity contribution in [3.63, 3.8) is 0 Å². The van der Waals surface area contributed by atoms with Crippen molar-refractivity contribution in [1.82, 2.24) is 24.6 Å². The highest BCUT2D eigenvalue weighted by Gasteiger charge is 2.25. The number of nitrogens with zero attached hydrogens (tertiary/aromatic N) is 5. The normalized spacial score (nSPS) is 21.6. The first kappa shape index (κ1) is 16.2. The number of piperazine rings is 1. The minimum atomic E-state index is 0.0990. The molecular formula is C18H23N5O2. The van der Waals surface area contributed by atoms with Gasteiger partial charge in [-0.2, -0.15) is 5.10 Å². The van der Waals surface area contributed by atoms with Crippen LogP contribution >= 0.6 is 0 Å². The molecule has 0 aliphatic carbocycles. The second-order valence-corrected chi connectivity index (χ2v) is 6.61. The molecule has 1 atom stereocenters. The molecule has 3 heterocycles. The number of rotatable bonds is 4. The van der Waals surface area contributed by atoms with E-state index in [9.17, 15) is 4.79 Å². The lowest BCUT2D eigenvalue weighted by Gasteiger charge is -2.35. The molecule has 2 aromatic rings. The van der Waals surface area contributed by atoms with Crippen molar-refractivity contribution in [1.29, 1.82) is 0 Å². The Morgan fingerprint density at radius 1 is 1.16 bits per heavy atom. The Labute approximate surface area is 147 Å². The molecule has 0 N–H and O–H groups in total. The average molecular weight is 341 g/mol. The number of hydrogen-bond acceptors (Lipinski definition) is 5. The van der Waals surface area contributed by atoms with Crippen LogP contribution in [0.4, 0.5) is 0 Å². The van der Waals surface area contributed by atoms with Crippen molar-refractivity contribution in [2.24, 2.45) is 0 Å². The topological polar surface area (TPSA) is 63.5 Å². The smallest absolute Gasteiger partial charge is 0.253 e. The summed E-state index contributed by atoms with van der Waals surface area (Å²) in [6, 6.07) is 7.52. The standard InChI is InChI=1S/C18H23N5O2/c24-18(15-3-5-16(6-4-15)23-14-19-13-20-23)22-9-7-21(8-10-22)12-17-2-1-11-25-17/h3-6,13-14,17H,1-2,7-12H2. The summed E-state index contributed by atoms with van der Waals surface area (Å²) in [4.78, 5) is 21.0. The summed E-state index contributed by atoms with van der Waals surface area (Å²) in [7, 11) is 0. The maximum Gasteiger partial charge on any atom is 0.253 e. The zero-order chi connectivity index (χ0) is 17.1. The van der Waals surface area contributed by atoms with Gasteiger partial charge >= 0.3 is 0 Å². The van der Waals surface area contributed by atoms with E-state index in [0.717, 1.165) is 57.0 Å². The van der Waals surface area contributed by atoms with Crippen molar-refractivity contribution in [2.45, 2.75) is 18.9 Å². The summed E-state index contributed by atoms with van der Waals surface area (Å²) in [5.41, 5.74) is 1.62. The summed E-state index contributed by atoms with van der Waals surface area (Å²) in [6.07, 6.45) is 5.86. The van der Waals surface area contributed by atoms with Gasteiger partial charge in [-0.15, -0.1) is 0 Å². The lowest BCUT2D eigenvalue weighted by molar-refractivity contribution is 0.0433. The molecule has 132 valence electrons. The van der Waals surface area contributed by atoms with E-state index < -0.39 is 0 Å². The zero-order valence-corrected chi connectivity index (χ0v) is 14.3. The molecule has 1 aromatic carbocycles. The molecule has 4 rings (SSSR count). The van der Waals surface area contributed by atoms with Crippen molar-refractivity contribution in [3.8, 4) is 5.69 Å². The van der Waals surface area contributed by atoms with Crippen LogP contribution in [0.25, 0.3) is 5.69 Å². The predicted octanol–water partition coefficient (Wildman–Crippen LogP) is 1.20. The molecule has 0 bridgehead atoms. The van der Waals surface area contributed by atoms with Gasteiger partial charge in [-0.05, 0) is 37.1 Å². The minimum Gasteiger partial charge on any atom is -0.377 e. The Morgan fingerprint density at radius 2 is 1.96 bits per heavy atom. The number of hydrogen-bond donors (Lipinski definition) is 0. The second-order valence-electron chi connectivity index (χ2n) is 6.61. The molecule has 0 spiro atoms. The lowest BCUT2D eigenvalue weighted by Crippen LogP contribution is -2.50. The Kier molecular flexibility index (Phi) is 4.76.